The second kappa shape index (κ2) is 3.70. The highest BCUT2D eigenvalue weighted by molar-refractivity contribution is 5.88. The lowest BCUT2D eigenvalue weighted by Crippen LogP contribution is -2.42. The number of nitrogens with one attached hydrogen (secondary N) is 2. The Morgan fingerprint density at radius 3 is 2.88 bits per heavy atom. The van der Waals surface area contributed by atoms with E-state index in [0.717, 1.165) is 11.9 Å². The van der Waals surface area contributed by atoms with Crippen molar-refractivity contribution in [2.24, 2.45) is 0 Å². The first-order valence-electron chi connectivity index (χ1n) is 6.03. The minimum atomic E-state index is -0.0447. The average molecular weight is 228 g/mol. The number of hydrogen-bond donors (Lipinski definition) is 2. The van der Waals surface area contributed by atoms with Crippen molar-refractivity contribution in [1.82, 2.24) is 10.3 Å². The number of Topliss-reactive ketones (excluding diaryl/α,β-unsaturated/α-hetero) is 1. The average Bonchev–Trinajstić information content (AvgIpc) is 2.68. The van der Waals surface area contributed by atoms with E-state index in [0.29, 0.717) is 0 Å². The molecule has 2 heterocycles. The molecule has 0 saturated carbocycles. The quantitative estimate of drug-likeness (QED) is 0.786. The van der Waals surface area contributed by atoms with Crippen LogP contribution in [0.3, 0.4) is 0 Å². The van der Waals surface area contributed by atoms with E-state index in [1.54, 1.807) is 6.92 Å². The van der Waals surface area contributed by atoms with E-state index in [1.807, 2.05) is 12.1 Å². The normalized spacial score (nSPS) is 23.6. The topological polar surface area (TPSA) is 44.9 Å². The summed E-state index contributed by atoms with van der Waals surface area (Å²) in [6, 6.07) is 8.46. The van der Waals surface area contributed by atoms with Crippen molar-refractivity contribution in [2.75, 3.05) is 0 Å². The maximum Gasteiger partial charge on any atom is 0.147 e. The van der Waals surface area contributed by atoms with Crippen LogP contribution in [0.2, 0.25) is 0 Å². The van der Waals surface area contributed by atoms with Crippen LogP contribution in [0.25, 0.3) is 10.9 Å². The Labute approximate surface area is 100 Å². The first-order valence-corrected chi connectivity index (χ1v) is 6.03. The van der Waals surface area contributed by atoms with Crippen molar-refractivity contribution >= 4 is 16.7 Å². The molecule has 1 aliphatic heterocycles. The van der Waals surface area contributed by atoms with Gasteiger partial charge in [0.25, 0.3) is 0 Å². The van der Waals surface area contributed by atoms with Gasteiger partial charge in [0.1, 0.15) is 5.78 Å². The summed E-state index contributed by atoms with van der Waals surface area (Å²) >= 11 is 0. The van der Waals surface area contributed by atoms with Crippen molar-refractivity contribution in [3.05, 3.63) is 35.5 Å². The van der Waals surface area contributed by atoms with Gasteiger partial charge >= 0.3 is 0 Å². The number of rotatable bonds is 1. The molecule has 0 aliphatic carbocycles. The molecular weight excluding hydrogens is 212 g/mol. The molecule has 0 saturated heterocycles. The molecule has 0 fully saturated rings. The van der Waals surface area contributed by atoms with Gasteiger partial charge < -0.3 is 4.98 Å². The molecule has 2 aromatic rings. The monoisotopic (exact) mass is 228 g/mol. The second-order valence-electron chi connectivity index (χ2n) is 4.82. The zero-order valence-corrected chi connectivity index (χ0v) is 10.1. The van der Waals surface area contributed by atoms with Gasteiger partial charge in [-0.2, -0.15) is 0 Å². The van der Waals surface area contributed by atoms with Crippen LogP contribution in [0, 0.1) is 0 Å². The molecule has 3 nitrogen and oxygen atoms in total. The highest BCUT2D eigenvalue weighted by Gasteiger charge is 2.28. The van der Waals surface area contributed by atoms with Crippen LogP contribution in [0.1, 0.15) is 31.1 Å². The van der Waals surface area contributed by atoms with Crippen LogP contribution in [0.15, 0.2) is 24.3 Å². The Hall–Kier alpha value is -1.61. The Balaban J connectivity index is 2.16. The molecule has 1 aromatic heterocycles. The molecule has 3 rings (SSSR count). The van der Waals surface area contributed by atoms with Gasteiger partial charge in [0.15, 0.2) is 0 Å². The standard InChI is InChI=1S/C14H16N2O/c1-8-14-11(7-13(15-8)9(2)17)10-5-3-4-6-12(10)16-14/h3-6,8,13,15-16H,7H2,1-2H3. The Morgan fingerprint density at radius 1 is 1.35 bits per heavy atom. The number of hydrogen-bond acceptors (Lipinski definition) is 2. The summed E-state index contributed by atoms with van der Waals surface area (Å²) < 4.78 is 0. The number of benzene rings is 1. The number of fused-ring (bicyclic) bond motifs is 3. The van der Waals surface area contributed by atoms with Crippen LogP contribution in [0.4, 0.5) is 0 Å². The van der Waals surface area contributed by atoms with Crippen LogP contribution in [0.5, 0.6) is 0 Å². The number of carbonyl (C=O) groups is 1. The zero-order chi connectivity index (χ0) is 12.0. The van der Waals surface area contributed by atoms with Gasteiger partial charge in [-0.15, -0.1) is 0 Å². The predicted octanol–water partition coefficient (Wildman–Crippen LogP) is 2.33. The third-order valence-electron chi connectivity index (χ3n) is 3.63. The SMILES string of the molecule is CC(=O)C1Cc2c([nH]c3ccccc23)C(C)N1. The third-order valence-corrected chi connectivity index (χ3v) is 3.63. The number of H-pyrrole nitrogens is 1. The van der Waals surface area contributed by atoms with Gasteiger partial charge in [-0.1, -0.05) is 18.2 Å². The molecule has 2 N–H and O–H groups in total. The van der Waals surface area contributed by atoms with Gasteiger partial charge in [0.05, 0.1) is 6.04 Å². The van der Waals surface area contributed by atoms with E-state index in [4.69, 9.17) is 0 Å². The zero-order valence-electron chi connectivity index (χ0n) is 10.1. The van der Waals surface area contributed by atoms with Gasteiger partial charge in [0, 0.05) is 22.6 Å². The first-order chi connectivity index (χ1) is 8.16. The maximum absolute atomic E-state index is 11.5. The summed E-state index contributed by atoms with van der Waals surface area (Å²) in [5.74, 6) is 0.216. The number of para-hydroxylation sites is 1. The minimum Gasteiger partial charge on any atom is -0.357 e. The fraction of sp³-hybridized carbons (Fsp3) is 0.357. The van der Waals surface area contributed by atoms with Crippen molar-refractivity contribution in [3.63, 3.8) is 0 Å². The van der Waals surface area contributed by atoms with Crippen molar-refractivity contribution in [3.8, 4) is 0 Å². The molecule has 2 atom stereocenters. The summed E-state index contributed by atoms with van der Waals surface area (Å²) in [5.41, 5.74) is 3.69. The number of carbonyl (C=O) groups excluding carboxylic acids is 1. The van der Waals surface area contributed by atoms with Crippen LogP contribution < -0.4 is 5.32 Å². The number of aromatic nitrogens is 1. The lowest BCUT2D eigenvalue weighted by atomic mass is 9.93. The van der Waals surface area contributed by atoms with Crippen LogP contribution in [-0.2, 0) is 11.2 Å². The van der Waals surface area contributed by atoms with E-state index in [9.17, 15) is 4.79 Å². The van der Waals surface area contributed by atoms with Crippen molar-refractivity contribution in [1.29, 1.82) is 0 Å². The van der Waals surface area contributed by atoms with Gasteiger partial charge in [0.2, 0.25) is 0 Å². The van der Waals surface area contributed by atoms with Crippen LogP contribution >= 0.6 is 0 Å². The number of ketones is 1. The summed E-state index contributed by atoms with van der Waals surface area (Å²) in [6.07, 6.45) is 0.791. The Kier molecular flexibility index (Phi) is 2.30. The lowest BCUT2D eigenvalue weighted by molar-refractivity contribution is -0.119. The molecule has 0 spiro atoms. The molecule has 2 unspecified atom stereocenters. The number of aromatic amines is 1. The van der Waals surface area contributed by atoms with Crippen molar-refractivity contribution < 1.29 is 4.79 Å². The molecule has 0 amide bonds. The van der Waals surface area contributed by atoms with Crippen molar-refractivity contribution in [2.45, 2.75) is 32.4 Å². The van der Waals surface area contributed by atoms with E-state index in [-0.39, 0.29) is 17.9 Å². The molecule has 3 heteroatoms. The van der Waals surface area contributed by atoms with E-state index < -0.39 is 0 Å². The summed E-state index contributed by atoms with van der Waals surface area (Å²) in [7, 11) is 0. The summed E-state index contributed by atoms with van der Waals surface area (Å²) in [4.78, 5) is 15.0. The first kappa shape index (κ1) is 10.5. The highest BCUT2D eigenvalue weighted by atomic mass is 16.1. The molecule has 1 aliphatic rings. The minimum absolute atomic E-state index is 0.0447. The lowest BCUT2D eigenvalue weighted by Gasteiger charge is -2.27. The predicted molar refractivity (Wildman–Crippen MR) is 68.0 cm³/mol. The fourth-order valence-corrected chi connectivity index (χ4v) is 2.72. The highest BCUT2D eigenvalue weighted by Crippen LogP contribution is 2.31. The van der Waals surface area contributed by atoms with E-state index in [1.165, 1.54) is 16.6 Å². The maximum atomic E-state index is 11.5. The molecule has 88 valence electrons. The van der Waals surface area contributed by atoms with Gasteiger partial charge in [-0.25, -0.2) is 0 Å². The smallest absolute Gasteiger partial charge is 0.147 e. The third kappa shape index (κ3) is 1.58. The van der Waals surface area contributed by atoms with Gasteiger partial charge in [-0.05, 0) is 31.9 Å². The Morgan fingerprint density at radius 2 is 2.12 bits per heavy atom. The molecule has 1 aromatic carbocycles. The molecule has 0 radical (unpaired) electrons. The molecule has 17 heavy (non-hydrogen) atoms. The molecular formula is C14H16N2O. The van der Waals surface area contributed by atoms with Crippen LogP contribution in [-0.4, -0.2) is 16.8 Å². The van der Waals surface area contributed by atoms with E-state index >= 15 is 0 Å². The fourth-order valence-electron chi connectivity index (χ4n) is 2.72. The summed E-state index contributed by atoms with van der Waals surface area (Å²) in [6.45, 7) is 3.76. The second-order valence-corrected chi connectivity index (χ2v) is 4.82. The van der Waals surface area contributed by atoms with Gasteiger partial charge in [-0.3, -0.25) is 10.1 Å². The summed E-state index contributed by atoms with van der Waals surface area (Å²) in [5, 5.41) is 4.60. The largest absolute Gasteiger partial charge is 0.357 e. The van der Waals surface area contributed by atoms with E-state index in [2.05, 4.69) is 29.4 Å². The molecule has 0 bridgehead atoms. The Bertz CT molecular complexity index is 585.